The highest BCUT2D eigenvalue weighted by atomic mass is 32.2. The fraction of sp³-hybridized carbons (Fsp3) is 0.660. The molecule has 0 unspecified atom stereocenters. The van der Waals surface area contributed by atoms with Gasteiger partial charge in [-0.3, -0.25) is 52.7 Å². The van der Waals surface area contributed by atoms with Crippen LogP contribution in [0, 0.1) is 5.92 Å². The van der Waals surface area contributed by atoms with E-state index in [4.69, 9.17) is 0 Å². The molecule has 1 aromatic rings. The number of thioether (sulfide) groups is 1. The van der Waals surface area contributed by atoms with E-state index in [1.165, 1.54) is 37.4 Å². The second-order valence-corrected chi connectivity index (χ2v) is 21.6. The standard InChI is InChI=1S/C53H87N13O15S/c1-7-29(2)42(65-49(76)37(26-33-16-9-8-10-17-33)62-50(77)39(28-67)64-45(72)31(4)57-43(70)30(3)56)51(78)63-38(27-41(68)69)48(75)58-32(5)44(71)59-34(18-11-13-22-54)46(73)60-35(19-12-14-23-55)47(74)61-36(21-25-82-6)52(79)66-24-15-20-40(66)53(80)81/h8-10,16-17,29-32,34-40,42,67H,7,11-15,18-28,54-56H2,1-6H3,(H,57,70)(H,58,75)(H,59,71)(H,60,73)(H,61,74)(H,62,77)(H,63,78)(H,64,72)(H,65,76)(H,68,69)(H,80,81)/p+3/t29-,30-,31-,32-,34-,35-,36-,37-,38-,39-,40-,42-/m0/s1. The Morgan fingerprint density at radius 1 is 0.598 bits per heavy atom. The van der Waals surface area contributed by atoms with Gasteiger partial charge in [0.05, 0.1) is 26.1 Å². The number of carboxylic acids is 2. The van der Waals surface area contributed by atoms with Crippen molar-refractivity contribution in [1.82, 2.24) is 52.8 Å². The maximum atomic E-state index is 14.2. The third kappa shape index (κ3) is 24.3. The molecule has 2 rings (SSSR count). The number of aliphatic hydroxyl groups excluding tert-OH is 1. The zero-order valence-corrected chi connectivity index (χ0v) is 48.9. The number of likely N-dealkylation sites (tertiary alicyclic amines) is 1. The molecule has 82 heavy (non-hydrogen) atoms. The van der Waals surface area contributed by atoms with Crippen LogP contribution < -0.4 is 65.1 Å². The molecule has 1 saturated heterocycles. The molecule has 0 bridgehead atoms. The lowest BCUT2D eigenvalue weighted by atomic mass is 9.96. The lowest BCUT2D eigenvalue weighted by molar-refractivity contribution is -0.398. The third-order valence-electron chi connectivity index (χ3n) is 13.8. The van der Waals surface area contributed by atoms with Crippen molar-refractivity contribution in [2.45, 2.75) is 178 Å². The van der Waals surface area contributed by atoms with Crippen LogP contribution in [0.5, 0.6) is 0 Å². The van der Waals surface area contributed by atoms with E-state index in [1.54, 1.807) is 44.2 Å². The van der Waals surface area contributed by atoms with Gasteiger partial charge in [0.25, 0.3) is 5.91 Å². The lowest BCUT2D eigenvalue weighted by Crippen LogP contribution is -2.67. The average molecular weight is 1180 g/mol. The summed E-state index contributed by atoms with van der Waals surface area (Å²) in [5, 5.41) is 52.5. The molecule has 12 atom stereocenters. The molecule has 21 N–H and O–H groups in total. The maximum absolute atomic E-state index is 14.2. The molecule has 0 spiro atoms. The molecule has 10 amide bonds. The fourth-order valence-corrected chi connectivity index (χ4v) is 9.11. The van der Waals surface area contributed by atoms with Crippen molar-refractivity contribution in [3.8, 4) is 0 Å². The van der Waals surface area contributed by atoms with E-state index in [0.29, 0.717) is 56.5 Å². The number of unbranched alkanes of at least 4 members (excludes halogenated alkanes) is 2. The molecule has 1 fully saturated rings. The highest BCUT2D eigenvalue weighted by Gasteiger charge is 2.40. The van der Waals surface area contributed by atoms with Crippen molar-refractivity contribution in [2.75, 3.05) is 38.2 Å². The number of carbonyl (C=O) groups excluding carboxylic acids is 10. The van der Waals surface area contributed by atoms with Crippen LogP contribution in [0.1, 0.15) is 111 Å². The predicted octanol–water partition coefficient (Wildman–Crippen LogP) is -5.57. The van der Waals surface area contributed by atoms with Gasteiger partial charge in [-0.1, -0.05) is 50.6 Å². The summed E-state index contributed by atoms with van der Waals surface area (Å²) in [6.07, 6.45) is 4.03. The number of aliphatic hydroxyl groups is 1. The first kappa shape index (κ1) is 71.2. The summed E-state index contributed by atoms with van der Waals surface area (Å²) in [4.78, 5) is 162. The Labute approximate surface area is 482 Å². The Kier molecular flexibility index (Phi) is 32.3. The van der Waals surface area contributed by atoms with Gasteiger partial charge in [0.2, 0.25) is 53.2 Å². The Morgan fingerprint density at radius 3 is 1.57 bits per heavy atom. The number of quaternary nitrogens is 3. The van der Waals surface area contributed by atoms with Crippen LogP contribution in [0.15, 0.2) is 30.3 Å². The molecule has 460 valence electrons. The van der Waals surface area contributed by atoms with E-state index in [9.17, 15) is 72.9 Å². The highest BCUT2D eigenvalue weighted by Crippen LogP contribution is 2.20. The number of amides is 10. The molecule has 0 radical (unpaired) electrons. The topological polar surface area (TPSA) is 460 Å². The molecule has 1 heterocycles. The Balaban J connectivity index is 2.35. The van der Waals surface area contributed by atoms with Gasteiger partial charge in [-0.2, -0.15) is 11.8 Å². The summed E-state index contributed by atoms with van der Waals surface area (Å²) in [6.45, 7) is 7.72. The first-order chi connectivity index (χ1) is 38.8. The molecule has 1 aliphatic rings. The summed E-state index contributed by atoms with van der Waals surface area (Å²) < 4.78 is 0. The van der Waals surface area contributed by atoms with E-state index in [1.807, 2.05) is 6.26 Å². The van der Waals surface area contributed by atoms with Gasteiger partial charge in [0, 0.05) is 13.0 Å². The van der Waals surface area contributed by atoms with Gasteiger partial charge in [0.15, 0.2) is 6.04 Å². The zero-order chi connectivity index (χ0) is 61.6. The number of benzene rings is 1. The number of rotatable bonds is 38. The van der Waals surface area contributed by atoms with Crippen LogP contribution in [0.2, 0.25) is 0 Å². The van der Waals surface area contributed by atoms with Crippen molar-refractivity contribution in [1.29, 1.82) is 0 Å². The van der Waals surface area contributed by atoms with Crippen molar-refractivity contribution in [3.63, 3.8) is 0 Å². The molecule has 0 aliphatic carbocycles. The SMILES string of the molecule is CC[C@H](C)[C@H](NC(=O)[C@H](Cc1ccccc1)NC(=O)[C@H](CO)NC(=O)[C@H](C)NC(=O)[C@H](C)[NH3+])C(=O)N[C@@H](CC(=O)O)C(=O)N[C@@H](C)C(=O)N[C@@H](CCCC[NH3+])C(=O)N[C@@H](CCCC[NH3+])C(=O)N[C@@H](CCSC)C(=O)N1CCC[C@H]1C(=O)O. The Morgan fingerprint density at radius 2 is 1.07 bits per heavy atom. The van der Waals surface area contributed by atoms with E-state index in [-0.39, 0.29) is 45.1 Å². The summed E-state index contributed by atoms with van der Waals surface area (Å²) >= 11 is 1.43. The summed E-state index contributed by atoms with van der Waals surface area (Å²) in [6, 6.07) is -5.82. The predicted molar refractivity (Wildman–Crippen MR) is 299 cm³/mol. The van der Waals surface area contributed by atoms with E-state index >= 15 is 0 Å². The van der Waals surface area contributed by atoms with Crippen molar-refractivity contribution >= 4 is 82.8 Å². The number of carboxylic acid groups (broad SMARTS) is 2. The third-order valence-corrected chi connectivity index (χ3v) is 14.4. The van der Waals surface area contributed by atoms with Gasteiger partial charge in [-0.15, -0.1) is 0 Å². The molecule has 28 nitrogen and oxygen atoms in total. The number of nitrogens with one attached hydrogen (secondary N) is 9. The van der Waals surface area contributed by atoms with Crippen LogP contribution in [0.25, 0.3) is 0 Å². The number of carbonyl (C=O) groups is 12. The normalized spacial score (nSPS) is 17.0. The summed E-state index contributed by atoms with van der Waals surface area (Å²) in [5.41, 5.74) is 11.8. The molecule has 1 aliphatic heterocycles. The van der Waals surface area contributed by atoms with Crippen LogP contribution in [-0.4, -0.2) is 196 Å². The van der Waals surface area contributed by atoms with Gasteiger partial charge in [0.1, 0.15) is 60.4 Å². The van der Waals surface area contributed by atoms with Crippen LogP contribution >= 0.6 is 11.8 Å². The van der Waals surface area contributed by atoms with Gasteiger partial charge < -0.3 is 85.3 Å². The Bertz CT molecular complexity index is 2320. The number of hydrogen-bond donors (Lipinski definition) is 15. The molecule has 0 aromatic heterocycles. The summed E-state index contributed by atoms with van der Waals surface area (Å²) in [5.74, 6) is -11.2. The lowest BCUT2D eigenvalue weighted by Gasteiger charge is -2.29. The highest BCUT2D eigenvalue weighted by molar-refractivity contribution is 7.98. The number of hydrogen-bond acceptors (Lipinski definition) is 14. The smallest absolute Gasteiger partial charge is 0.326 e. The van der Waals surface area contributed by atoms with Crippen LogP contribution in [-0.2, 0) is 64.0 Å². The van der Waals surface area contributed by atoms with Crippen molar-refractivity contribution in [3.05, 3.63) is 35.9 Å². The van der Waals surface area contributed by atoms with Gasteiger partial charge in [-0.25, -0.2) is 4.79 Å². The minimum absolute atomic E-state index is 0.0627. The van der Waals surface area contributed by atoms with Crippen molar-refractivity contribution < 1.29 is 90.1 Å². The largest absolute Gasteiger partial charge is 0.481 e. The van der Waals surface area contributed by atoms with Crippen molar-refractivity contribution in [2.24, 2.45) is 5.92 Å². The minimum Gasteiger partial charge on any atom is -0.481 e. The van der Waals surface area contributed by atoms with Crippen LogP contribution in [0.3, 0.4) is 0 Å². The first-order valence-electron chi connectivity index (χ1n) is 27.9. The van der Waals surface area contributed by atoms with E-state index in [2.05, 4.69) is 65.1 Å². The molecule has 1 aromatic carbocycles. The zero-order valence-electron chi connectivity index (χ0n) is 48.1. The second kappa shape index (κ2) is 37.2. The van der Waals surface area contributed by atoms with Gasteiger partial charge in [-0.05, 0) is 102 Å². The van der Waals surface area contributed by atoms with Crippen LogP contribution in [0.4, 0.5) is 0 Å². The molecule has 0 saturated carbocycles. The Hall–Kier alpha value is -6.95. The fourth-order valence-electron chi connectivity index (χ4n) is 8.63. The minimum atomic E-state index is -1.83. The van der Waals surface area contributed by atoms with Gasteiger partial charge >= 0.3 is 11.9 Å². The second-order valence-electron chi connectivity index (χ2n) is 20.6. The molecular formula is C53H90N13O15S+3. The quantitative estimate of drug-likeness (QED) is 0.0275. The number of nitrogens with zero attached hydrogens (tertiary/aromatic N) is 1. The number of aliphatic carboxylic acids is 2. The van der Waals surface area contributed by atoms with E-state index < -0.39 is 156 Å². The molecule has 29 heteroatoms. The monoisotopic (exact) mass is 1180 g/mol. The average Bonchev–Trinajstić information content (AvgIpc) is 3.99. The van der Waals surface area contributed by atoms with E-state index in [0.717, 1.165) is 0 Å². The first-order valence-corrected chi connectivity index (χ1v) is 29.3. The summed E-state index contributed by atoms with van der Waals surface area (Å²) in [7, 11) is 0. The maximum Gasteiger partial charge on any atom is 0.326 e. The molecular weight excluding hydrogens is 1090 g/mol.